The maximum absolute atomic E-state index is 13.4. The molecule has 3 rings (SSSR count). The molecular formula is C20H29FN2O6S. The van der Waals surface area contributed by atoms with Crippen molar-refractivity contribution < 1.29 is 32.2 Å². The molecule has 30 heavy (non-hydrogen) atoms. The van der Waals surface area contributed by atoms with Crippen LogP contribution >= 0.6 is 0 Å². The van der Waals surface area contributed by atoms with Crippen molar-refractivity contribution in [2.45, 2.75) is 55.2 Å². The number of aliphatic hydroxyl groups excluding tert-OH is 1. The van der Waals surface area contributed by atoms with E-state index in [0.717, 1.165) is 18.9 Å². The number of rotatable bonds is 8. The van der Waals surface area contributed by atoms with Gasteiger partial charge in [-0.2, -0.15) is 0 Å². The average molecular weight is 445 g/mol. The van der Waals surface area contributed by atoms with Crippen LogP contribution in [0.15, 0.2) is 29.2 Å². The molecule has 168 valence electrons. The summed E-state index contributed by atoms with van der Waals surface area (Å²) in [6.07, 6.45) is 2.19. The topological polar surface area (TPSA) is 114 Å². The van der Waals surface area contributed by atoms with Gasteiger partial charge >= 0.3 is 0 Å². The van der Waals surface area contributed by atoms with Crippen LogP contribution in [0.4, 0.5) is 4.39 Å². The van der Waals surface area contributed by atoms with Gasteiger partial charge in [0.2, 0.25) is 15.9 Å². The van der Waals surface area contributed by atoms with Gasteiger partial charge in [-0.25, -0.2) is 17.5 Å². The number of benzene rings is 1. The van der Waals surface area contributed by atoms with Crippen molar-refractivity contribution in [3.63, 3.8) is 0 Å². The number of nitrogens with one attached hydrogen (secondary N) is 2. The zero-order chi connectivity index (χ0) is 21.6. The lowest BCUT2D eigenvalue weighted by atomic mass is 9.97. The molecule has 3 N–H and O–H groups in total. The van der Waals surface area contributed by atoms with Crippen molar-refractivity contribution in [1.82, 2.24) is 10.0 Å². The molecule has 2 fully saturated rings. The Labute approximate surface area is 176 Å². The molecule has 2 aliphatic rings. The predicted octanol–water partition coefficient (Wildman–Crippen LogP) is 0.945. The lowest BCUT2D eigenvalue weighted by Crippen LogP contribution is -2.51. The third-order valence-electron chi connectivity index (χ3n) is 5.57. The molecule has 1 aromatic rings. The number of sulfonamides is 1. The van der Waals surface area contributed by atoms with E-state index in [-0.39, 0.29) is 29.4 Å². The van der Waals surface area contributed by atoms with Gasteiger partial charge in [0.05, 0.1) is 29.8 Å². The van der Waals surface area contributed by atoms with Crippen LogP contribution in [0.5, 0.6) is 0 Å². The predicted molar refractivity (Wildman–Crippen MR) is 107 cm³/mol. The van der Waals surface area contributed by atoms with Crippen LogP contribution in [-0.2, 0) is 24.3 Å². The quantitative estimate of drug-likeness (QED) is 0.550. The smallest absolute Gasteiger partial charge is 0.241 e. The number of hydrogen-bond acceptors (Lipinski definition) is 6. The van der Waals surface area contributed by atoms with Crippen molar-refractivity contribution in [2.75, 3.05) is 26.4 Å². The Balaban J connectivity index is 1.48. The van der Waals surface area contributed by atoms with Crippen LogP contribution in [0.3, 0.4) is 0 Å². The van der Waals surface area contributed by atoms with E-state index in [1.165, 1.54) is 18.2 Å². The lowest BCUT2D eigenvalue weighted by Gasteiger charge is -2.36. The molecule has 0 radical (unpaired) electrons. The highest BCUT2D eigenvalue weighted by Gasteiger charge is 2.34. The molecule has 2 aliphatic heterocycles. The van der Waals surface area contributed by atoms with Crippen LogP contribution < -0.4 is 10.0 Å². The number of carbonyl (C=O) groups excluding carboxylic acids is 1. The maximum Gasteiger partial charge on any atom is 0.241 e. The molecule has 0 aliphatic carbocycles. The van der Waals surface area contributed by atoms with Crippen molar-refractivity contribution in [3.05, 3.63) is 30.1 Å². The Kier molecular flexibility index (Phi) is 8.18. The fourth-order valence-electron chi connectivity index (χ4n) is 3.84. The summed E-state index contributed by atoms with van der Waals surface area (Å²) in [6, 6.07) is 4.15. The first-order valence-electron chi connectivity index (χ1n) is 10.3. The standard InChI is InChI=1S/C20H29FN2O6S/c21-15-2-1-3-17(12-15)30(26,27)23-18-5-4-16(29-19(18)13-24)6-9-22-20(25)14-7-10-28-11-8-14/h1-3,12,14,16,18-19,23-24H,4-11,13H2,(H,22,25)/t16-,18+,19+/m1/s1. The number of amides is 1. The third-order valence-corrected chi connectivity index (χ3v) is 7.05. The van der Waals surface area contributed by atoms with E-state index in [1.54, 1.807) is 0 Å². The van der Waals surface area contributed by atoms with Gasteiger partial charge in [-0.15, -0.1) is 0 Å². The highest BCUT2D eigenvalue weighted by Crippen LogP contribution is 2.24. The van der Waals surface area contributed by atoms with E-state index >= 15 is 0 Å². The summed E-state index contributed by atoms with van der Waals surface area (Å²) in [5.41, 5.74) is 0. The summed E-state index contributed by atoms with van der Waals surface area (Å²) < 4.78 is 52.1. The molecule has 8 nitrogen and oxygen atoms in total. The lowest BCUT2D eigenvalue weighted by molar-refractivity contribution is -0.128. The van der Waals surface area contributed by atoms with Gasteiger partial charge in [0.1, 0.15) is 5.82 Å². The van der Waals surface area contributed by atoms with Crippen molar-refractivity contribution >= 4 is 15.9 Å². The van der Waals surface area contributed by atoms with E-state index in [2.05, 4.69) is 10.0 Å². The zero-order valence-corrected chi connectivity index (χ0v) is 17.6. The number of ether oxygens (including phenoxy) is 2. The van der Waals surface area contributed by atoms with E-state index in [4.69, 9.17) is 9.47 Å². The summed E-state index contributed by atoms with van der Waals surface area (Å²) >= 11 is 0. The second-order valence-electron chi connectivity index (χ2n) is 7.71. The van der Waals surface area contributed by atoms with E-state index in [0.29, 0.717) is 39.0 Å². The van der Waals surface area contributed by atoms with Gasteiger partial charge in [-0.05, 0) is 50.3 Å². The van der Waals surface area contributed by atoms with Gasteiger partial charge < -0.3 is 19.9 Å². The first kappa shape index (κ1) is 23.1. The SMILES string of the molecule is O=C(NCC[C@H]1CC[C@H](NS(=O)(=O)c2cccc(F)c2)[C@H](CO)O1)C1CCOCC1. The number of aliphatic hydroxyl groups is 1. The third kappa shape index (κ3) is 6.21. The molecule has 0 aromatic heterocycles. The number of halogens is 1. The van der Waals surface area contributed by atoms with Gasteiger partial charge in [0.25, 0.3) is 0 Å². The summed E-state index contributed by atoms with van der Waals surface area (Å²) in [6.45, 7) is 1.32. The minimum Gasteiger partial charge on any atom is -0.394 e. The van der Waals surface area contributed by atoms with Crippen LogP contribution in [0, 0.1) is 11.7 Å². The van der Waals surface area contributed by atoms with E-state index in [1.807, 2.05) is 0 Å². The second kappa shape index (κ2) is 10.6. The molecule has 0 saturated carbocycles. The zero-order valence-electron chi connectivity index (χ0n) is 16.8. The van der Waals surface area contributed by atoms with Crippen LogP contribution in [0.25, 0.3) is 0 Å². The van der Waals surface area contributed by atoms with Gasteiger partial charge in [-0.1, -0.05) is 6.07 Å². The molecule has 0 spiro atoms. The Morgan fingerprint density at radius 1 is 1.20 bits per heavy atom. The normalized spacial score (nSPS) is 25.7. The average Bonchev–Trinajstić information content (AvgIpc) is 2.75. The minimum atomic E-state index is -3.93. The van der Waals surface area contributed by atoms with Crippen molar-refractivity contribution in [2.24, 2.45) is 5.92 Å². The fraction of sp³-hybridized carbons (Fsp3) is 0.650. The summed E-state index contributed by atoms with van der Waals surface area (Å²) in [4.78, 5) is 12.0. The first-order valence-corrected chi connectivity index (χ1v) is 11.8. The van der Waals surface area contributed by atoms with E-state index < -0.39 is 28.0 Å². The number of carbonyl (C=O) groups is 1. The van der Waals surface area contributed by atoms with Crippen molar-refractivity contribution in [3.8, 4) is 0 Å². The highest BCUT2D eigenvalue weighted by molar-refractivity contribution is 7.89. The molecule has 2 heterocycles. The van der Waals surface area contributed by atoms with Gasteiger partial charge in [0, 0.05) is 25.7 Å². The molecule has 0 bridgehead atoms. The Morgan fingerprint density at radius 3 is 2.67 bits per heavy atom. The molecular weight excluding hydrogens is 415 g/mol. The second-order valence-corrected chi connectivity index (χ2v) is 9.42. The molecule has 3 atom stereocenters. The van der Waals surface area contributed by atoms with Gasteiger partial charge in [-0.3, -0.25) is 4.79 Å². The Hall–Kier alpha value is -1.59. The van der Waals surface area contributed by atoms with Gasteiger partial charge in [0.15, 0.2) is 0 Å². The summed E-state index contributed by atoms with van der Waals surface area (Å²) in [7, 11) is -3.93. The van der Waals surface area contributed by atoms with Crippen LogP contribution in [0.1, 0.15) is 32.1 Å². The minimum absolute atomic E-state index is 0.0159. The molecule has 10 heteroatoms. The Bertz CT molecular complexity index is 815. The summed E-state index contributed by atoms with van der Waals surface area (Å²) in [5.74, 6) is -0.634. The summed E-state index contributed by atoms with van der Waals surface area (Å²) in [5, 5.41) is 12.6. The monoisotopic (exact) mass is 444 g/mol. The first-order chi connectivity index (χ1) is 14.4. The molecule has 1 aromatic carbocycles. The largest absolute Gasteiger partial charge is 0.394 e. The highest BCUT2D eigenvalue weighted by atomic mass is 32.2. The number of hydrogen-bond donors (Lipinski definition) is 3. The molecule has 2 saturated heterocycles. The molecule has 0 unspecified atom stereocenters. The maximum atomic E-state index is 13.4. The van der Waals surface area contributed by atoms with Crippen molar-refractivity contribution in [1.29, 1.82) is 0 Å². The van der Waals surface area contributed by atoms with Crippen LogP contribution in [0.2, 0.25) is 0 Å². The molecule has 1 amide bonds. The van der Waals surface area contributed by atoms with Crippen LogP contribution in [-0.4, -0.2) is 64.0 Å². The fourth-order valence-corrected chi connectivity index (χ4v) is 5.17. The Morgan fingerprint density at radius 2 is 1.97 bits per heavy atom. The van der Waals surface area contributed by atoms with E-state index in [9.17, 15) is 22.7 Å².